The molecule has 2 aromatic carbocycles. The average molecular weight is 405 g/mol. The SMILES string of the molecule is CCCc1nnc(SCc2ccc(Cl)cc2)n1/N=C/c1ccc(Cl)cc1. The summed E-state index contributed by atoms with van der Waals surface area (Å²) >= 11 is 13.5. The van der Waals surface area contributed by atoms with Crippen molar-refractivity contribution in [2.45, 2.75) is 30.7 Å². The van der Waals surface area contributed by atoms with E-state index in [-0.39, 0.29) is 0 Å². The van der Waals surface area contributed by atoms with Crippen LogP contribution in [0.3, 0.4) is 0 Å². The molecule has 1 aromatic heterocycles. The predicted molar refractivity (Wildman–Crippen MR) is 109 cm³/mol. The first-order valence-electron chi connectivity index (χ1n) is 8.27. The summed E-state index contributed by atoms with van der Waals surface area (Å²) in [6.45, 7) is 2.11. The fourth-order valence-electron chi connectivity index (χ4n) is 2.28. The summed E-state index contributed by atoms with van der Waals surface area (Å²) in [5.41, 5.74) is 2.15. The third kappa shape index (κ3) is 5.10. The molecule has 26 heavy (non-hydrogen) atoms. The van der Waals surface area contributed by atoms with Gasteiger partial charge in [-0.3, -0.25) is 0 Å². The molecule has 0 atom stereocenters. The van der Waals surface area contributed by atoms with Gasteiger partial charge in [0.2, 0.25) is 5.16 Å². The molecule has 0 aliphatic carbocycles. The minimum absolute atomic E-state index is 0.706. The summed E-state index contributed by atoms with van der Waals surface area (Å²) in [5.74, 6) is 1.63. The van der Waals surface area contributed by atoms with Crippen LogP contribution in [0.15, 0.2) is 58.8 Å². The smallest absolute Gasteiger partial charge is 0.191 e. The standard InChI is InChI=1S/C19H18Cl2N4S/c1-2-3-18-23-24-19(26-13-15-6-10-17(21)11-7-15)25(18)22-12-14-4-8-16(20)9-5-14/h4-12H,2-3,13H2,1H3/b22-12+. The van der Waals surface area contributed by atoms with Crippen molar-refractivity contribution < 1.29 is 0 Å². The van der Waals surface area contributed by atoms with Crippen molar-refractivity contribution in [1.82, 2.24) is 14.9 Å². The number of thioether (sulfide) groups is 1. The second-order valence-electron chi connectivity index (χ2n) is 5.67. The Balaban J connectivity index is 1.79. The molecule has 0 aliphatic rings. The second-order valence-corrected chi connectivity index (χ2v) is 7.49. The van der Waals surface area contributed by atoms with Gasteiger partial charge < -0.3 is 0 Å². The lowest BCUT2D eigenvalue weighted by Gasteiger charge is -2.04. The van der Waals surface area contributed by atoms with Crippen molar-refractivity contribution in [2.75, 3.05) is 0 Å². The molecule has 0 saturated heterocycles. The maximum Gasteiger partial charge on any atom is 0.212 e. The summed E-state index contributed by atoms with van der Waals surface area (Å²) in [6, 6.07) is 15.4. The molecule has 0 saturated carbocycles. The number of aryl methyl sites for hydroxylation is 1. The lowest BCUT2D eigenvalue weighted by atomic mass is 10.2. The lowest BCUT2D eigenvalue weighted by Crippen LogP contribution is -2.00. The molecular weight excluding hydrogens is 387 g/mol. The summed E-state index contributed by atoms with van der Waals surface area (Å²) in [6.07, 6.45) is 3.61. The third-order valence-electron chi connectivity index (χ3n) is 3.62. The number of rotatable bonds is 7. The summed E-state index contributed by atoms with van der Waals surface area (Å²) in [4.78, 5) is 0. The number of benzene rings is 2. The number of nitrogens with zero attached hydrogens (tertiary/aromatic N) is 4. The molecule has 7 heteroatoms. The molecule has 0 unspecified atom stereocenters. The quantitative estimate of drug-likeness (QED) is 0.373. The molecule has 0 spiro atoms. The Morgan fingerprint density at radius 2 is 1.65 bits per heavy atom. The highest BCUT2D eigenvalue weighted by Crippen LogP contribution is 2.23. The fourth-order valence-corrected chi connectivity index (χ4v) is 3.40. The van der Waals surface area contributed by atoms with E-state index in [1.165, 1.54) is 5.56 Å². The maximum absolute atomic E-state index is 5.94. The summed E-state index contributed by atoms with van der Waals surface area (Å²) in [5, 5.41) is 15.4. The average Bonchev–Trinajstić information content (AvgIpc) is 3.03. The second kappa shape index (κ2) is 9.21. The van der Waals surface area contributed by atoms with Crippen LogP contribution < -0.4 is 0 Å². The molecular formula is C19H18Cl2N4S. The predicted octanol–water partition coefficient (Wildman–Crippen LogP) is 5.71. The molecule has 3 rings (SSSR count). The van der Waals surface area contributed by atoms with Crippen LogP contribution >= 0.6 is 35.0 Å². The number of hydrogen-bond donors (Lipinski definition) is 0. The van der Waals surface area contributed by atoms with E-state index < -0.39 is 0 Å². The molecule has 1 heterocycles. The molecule has 0 aliphatic heterocycles. The van der Waals surface area contributed by atoms with E-state index >= 15 is 0 Å². The highest BCUT2D eigenvalue weighted by atomic mass is 35.5. The number of hydrogen-bond acceptors (Lipinski definition) is 4. The Labute approximate surface area is 167 Å². The van der Waals surface area contributed by atoms with Crippen LogP contribution in [0, 0.1) is 0 Å². The van der Waals surface area contributed by atoms with Crippen LogP contribution in [-0.2, 0) is 12.2 Å². The Bertz CT molecular complexity index is 874. The van der Waals surface area contributed by atoms with Gasteiger partial charge >= 0.3 is 0 Å². The van der Waals surface area contributed by atoms with Crippen LogP contribution in [0.5, 0.6) is 0 Å². The van der Waals surface area contributed by atoms with Crippen molar-refractivity contribution in [1.29, 1.82) is 0 Å². The van der Waals surface area contributed by atoms with Gasteiger partial charge in [-0.25, -0.2) is 0 Å². The van der Waals surface area contributed by atoms with Gasteiger partial charge in [0.25, 0.3) is 0 Å². The van der Waals surface area contributed by atoms with Gasteiger partial charge in [-0.15, -0.1) is 10.2 Å². The fraction of sp³-hybridized carbons (Fsp3) is 0.211. The van der Waals surface area contributed by atoms with Crippen molar-refractivity contribution in [2.24, 2.45) is 5.10 Å². The number of aromatic nitrogens is 3. The molecule has 3 aromatic rings. The summed E-state index contributed by atoms with van der Waals surface area (Å²) < 4.78 is 1.82. The Hall–Kier alpha value is -1.82. The van der Waals surface area contributed by atoms with E-state index in [0.717, 1.165) is 40.2 Å². The first-order valence-corrected chi connectivity index (χ1v) is 10.0. The molecule has 0 amide bonds. The molecule has 0 N–H and O–H groups in total. The monoisotopic (exact) mass is 404 g/mol. The highest BCUT2D eigenvalue weighted by molar-refractivity contribution is 7.98. The molecule has 0 fully saturated rings. The Morgan fingerprint density at radius 3 is 2.31 bits per heavy atom. The van der Waals surface area contributed by atoms with Gasteiger partial charge in [0.05, 0.1) is 6.21 Å². The minimum atomic E-state index is 0.706. The summed E-state index contributed by atoms with van der Waals surface area (Å²) in [7, 11) is 0. The van der Waals surface area contributed by atoms with Gasteiger partial charge in [0, 0.05) is 22.2 Å². The van der Waals surface area contributed by atoms with Crippen LogP contribution in [-0.4, -0.2) is 21.1 Å². The van der Waals surface area contributed by atoms with E-state index in [9.17, 15) is 0 Å². The first-order chi connectivity index (χ1) is 12.7. The normalized spacial score (nSPS) is 11.3. The van der Waals surface area contributed by atoms with Crippen molar-refractivity contribution in [3.8, 4) is 0 Å². The van der Waals surface area contributed by atoms with E-state index in [1.54, 1.807) is 18.0 Å². The minimum Gasteiger partial charge on any atom is -0.191 e. The highest BCUT2D eigenvalue weighted by Gasteiger charge is 2.11. The first kappa shape index (κ1) is 19.0. The lowest BCUT2D eigenvalue weighted by molar-refractivity contribution is 0.700. The Kier molecular flexibility index (Phi) is 6.72. The van der Waals surface area contributed by atoms with Crippen LogP contribution in [0.25, 0.3) is 0 Å². The zero-order valence-corrected chi connectivity index (χ0v) is 16.6. The van der Waals surface area contributed by atoms with Crippen molar-refractivity contribution >= 4 is 41.2 Å². The van der Waals surface area contributed by atoms with E-state index in [2.05, 4.69) is 22.2 Å². The zero-order valence-electron chi connectivity index (χ0n) is 14.3. The maximum atomic E-state index is 5.94. The molecule has 4 nitrogen and oxygen atoms in total. The van der Waals surface area contributed by atoms with Gasteiger partial charge in [0.1, 0.15) is 0 Å². The van der Waals surface area contributed by atoms with Crippen LogP contribution in [0.4, 0.5) is 0 Å². The topological polar surface area (TPSA) is 43.1 Å². The van der Waals surface area contributed by atoms with Crippen LogP contribution in [0.1, 0.15) is 30.3 Å². The molecule has 134 valence electrons. The Morgan fingerprint density at radius 1 is 1.00 bits per heavy atom. The van der Waals surface area contributed by atoms with Crippen LogP contribution in [0.2, 0.25) is 10.0 Å². The van der Waals surface area contributed by atoms with Crippen molar-refractivity contribution in [3.63, 3.8) is 0 Å². The van der Waals surface area contributed by atoms with Gasteiger partial charge in [-0.05, 0) is 41.8 Å². The molecule has 0 radical (unpaired) electrons. The van der Waals surface area contributed by atoms with E-state index in [4.69, 9.17) is 23.2 Å². The van der Waals surface area contributed by atoms with Gasteiger partial charge in [-0.1, -0.05) is 66.2 Å². The van der Waals surface area contributed by atoms with E-state index in [1.807, 2.05) is 53.2 Å². The molecule has 0 bridgehead atoms. The largest absolute Gasteiger partial charge is 0.212 e. The van der Waals surface area contributed by atoms with Crippen molar-refractivity contribution in [3.05, 3.63) is 75.5 Å². The third-order valence-corrected chi connectivity index (χ3v) is 5.12. The van der Waals surface area contributed by atoms with Gasteiger partial charge in [-0.2, -0.15) is 9.78 Å². The van der Waals surface area contributed by atoms with Gasteiger partial charge in [0.15, 0.2) is 5.82 Å². The van der Waals surface area contributed by atoms with E-state index in [0.29, 0.717) is 5.02 Å². The number of halogens is 2. The zero-order chi connectivity index (χ0) is 18.4.